The Bertz CT molecular complexity index is 739. The molecule has 0 saturated carbocycles. The quantitative estimate of drug-likeness (QED) is 0.795. The van der Waals surface area contributed by atoms with Crippen LogP contribution in [-0.4, -0.2) is 43.3 Å². The SMILES string of the molecule is c1cc(-c2noc(CN3CCCC(c4ccn[nH]4)C3)n2)ccn1. The first kappa shape index (κ1) is 14.1. The van der Waals surface area contributed by atoms with Gasteiger partial charge in [0, 0.05) is 42.3 Å². The molecule has 1 fully saturated rings. The Morgan fingerprint density at radius 3 is 2.96 bits per heavy atom. The van der Waals surface area contributed by atoms with Crippen LogP contribution >= 0.6 is 0 Å². The van der Waals surface area contributed by atoms with E-state index >= 15 is 0 Å². The zero-order chi connectivity index (χ0) is 15.5. The maximum atomic E-state index is 5.40. The molecule has 0 aromatic carbocycles. The van der Waals surface area contributed by atoms with Gasteiger partial charge in [-0.3, -0.25) is 15.0 Å². The predicted molar refractivity (Wildman–Crippen MR) is 83.4 cm³/mol. The average molecular weight is 310 g/mol. The van der Waals surface area contributed by atoms with Crippen LogP contribution in [0.3, 0.4) is 0 Å². The highest BCUT2D eigenvalue weighted by molar-refractivity contribution is 5.52. The minimum Gasteiger partial charge on any atom is -0.338 e. The number of likely N-dealkylation sites (tertiary alicyclic amines) is 1. The highest BCUT2D eigenvalue weighted by Gasteiger charge is 2.23. The third kappa shape index (κ3) is 3.14. The van der Waals surface area contributed by atoms with Crippen molar-refractivity contribution >= 4 is 0 Å². The molecule has 3 aromatic rings. The van der Waals surface area contributed by atoms with E-state index in [4.69, 9.17) is 4.52 Å². The van der Waals surface area contributed by atoms with Gasteiger partial charge in [-0.2, -0.15) is 10.1 Å². The summed E-state index contributed by atoms with van der Waals surface area (Å²) in [6.45, 7) is 2.72. The number of aromatic amines is 1. The Balaban J connectivity index is 1.43. The number of hydrogen-bond acceptors (Lipinski definition) is 6. The van der Waals surface area contributed by atoms with E-state index in [1.54, 1.807) is 12.4 Å². The summed E-state index contributed by atoms with van der Waals surface area (Å²) in [5.41, 5.74) is 2.13. The molecule has 1 unspecified atom stereocenters. The summed E-state index contributed by atoms with van der Waals surface area (Å²) in [4.78, 5) is 10.9. The molecular weight excluding hydrogens is 292 g/mol. The lowest BCUT2D eigenvalue weighted by molar-refractivity contribution is 0.175. The molecule has 3 aromatic heterocycles. The number of nitrogens with one attached hydrogen (secondary N) is 1. The van der Waals surface area contributed by atoms with E-state index < -0.39 is 0 Å². The van der Waals surface area contributed by atoms with Crippen molar-refractivity contribution in [2.45, 2.75) is 25.3 Å². The molecule has 4 heterocycles. The topological polar surface area (TPSA) is 83.7 Å². The summed E-state index contributed by atoms with van der Waals surface area (Å²) in [6.07, 6.45) is 7.61. The second kappa shape index (κ2) is 6.29. The maximum Gasteiger partial charge on any atom is 0.241 e. The second-order valence-corrected chi connectivity index (χ2v) is 5.83. The standard InChI is InChI=1S/C16H18N6O/c1-2-13(14-5-8-18-20-14)10-22(9-1)11-15-19-16(21-23-15)12-3-6-17-7-4-12/h3-8,13H,1-2,9-11H2,(H,18,20). The van der Waals surface area contributed by atoms with Crippen molar-refractivity contribution in [1.82, 2.24) is 30.2 Å². The smallest absolute Gasteiger partial charge is 0.241 e. The fourth-order valence-electron chi connectivity index (χ4n) is 3.08. The molecule has 7 nitrogen and oxygen atoms in total. The number of pyridine rings is 1. The highest BCUT2D eigenvalue weighted by atomic mass is 16.5. The van der Waals surface area contributed by atoms with Crippen LogP contribution in [0.15, 0.2) is 41.3 Å². The van der Waals surface area contributed by atoms with Crippen LogP contribution in [0.1, 0.15) is 30.3 Å². The van der Waals surface area contributed by atoms with Crippen LogP contribution in [0.5, 0.6) is 0 Å². The van der Waals surface area contributed by atoms with Crippen LogP contribution in [-0.2, 0) is 6.54 Å². The molecule has 1 saturated heterocycles. The normalized spacial score (nSPS) is 19.0. The molecule has 0 bridgehead atoms. The van der Waals surface area contributed by atoms with Crippen LogP contribution in [0.4, 0.5) is 0 Å². The van der Waals surface area contributed by atoms with Gasteiger partial charge in [0.1, 0.15) is 0 Å². The van der Waals surface area contributed by atoms with E-state index in [9.17, 15) is 0 Å². The van der Waals surface area contributed by atoms with Crippen molar-refractivity contribution in [3.05, 3.63) is 48.4 Å². The Labute approximate surface area is 133 Å². The molecule has 1 atom stereocenters. The molecule has 0 aliphatic carbocycles. The third-order valence-corrected chi connectivity index (χ3v) is 4.23. The number of nitrogens with zero attached hydrogens (tertiary/aromatic N) is 5. The van der Waals surface area contributed by atoms with Gasteiger partial charge in [0.25, 0.3) is 0 Å². The first-order chi connectivity index (χ1) is 11.4. The van der Waals surface area contributed by atoms with Gasteiger partial charge in [-0.05, 0) is 37.6 Å². The lowest BCUT2D eigenvalue weighted by Gasteiger charge is -2.30. The van der Waals surface area contributed by atoms with Crippen LogP contribution in [0.25, 0.3) is 11.4 Å². The second-order valence-electron chi connectivity index (χ2n) is 5.83. The number of hydrogen-bond donors (Lipinski definition) is 1. The molecule has 7 heteroatoms. The number of piperidine rings is 1. The first-order valence-corrected chi connectivity index (χ1v) is 7.83. The van der Waals surface area contributed by atoms with E-state index in [0.29, 0.717) is 24.2 Å². The average Bonchev–Trinajstić information content (AvgIpc) is 3.28. The summed E-state index contributed by atoms with van der Waals surface area (Å²) >= 11 is 0. The van der Waals surface area contributed by atoms with Gasteiger partial charge in [0.2, 0.25) is 11.7 Å². The van der Waals surface area contributed by atoms with Gasteiger partial charge in [0.05, 0.1) is 6.54 Å². The lowest BCUT2D eigenvalue weighted by atomic mass is 9.95. The fraction of sp³-hybridized carbons (Fsp3) is 0.375. The summed E-state index contributed by atoms with van der Waals surface area (Å²) < 4.78 is 5.40. The number of H-pyrrole nitrogens is 1. The molecule has 0 radical (unpaired) electrons. The van der Waals surface area contributed by atoms with Gasteiger partial charge >= 0.3 is 0 Å². The maximum absolute atomic E-state index is 5.40. The Hall–Kier alpha value is -2.54. The minimum absolute atomic E-state index is 0.494. The molecule has 4 rings (SSSR count). The van der Waals surface area contributed by atoms with E-state index in [-0.39, 0.29) is 0 Å². The Morgan fingerprint density at radius 1 is 1.22 bits per heavy atom. The van der Waals surface area contributed by atoms with Gasteiger partial charge in [-0.15, -0.1) is 0 Å². The monoisotopic (exact) mass is 310 g/mol. The largest absolute Gasteiger partial charge is 0.338 e. The van der Waals surface area contributed by atoms with Crippen molar-refractivity contribution in [1.29, 1.82) is 0 Å². The fourth-order valence-corrected chi connectivity index (χ4v) is 3.08. The molecule has 23 heavy (non-hydrogen) atoms. The van der Waals surface area contributed by atoms with E-state index in [1.807, 2.05) is 18.3 Å². The van der Waals surface area contributed by atoms with Gasteiger partial charge in [0.15, 0.2) is 0 Å². The van der Waals surface area contributed by atoms with Gasteiger partial charge in [-0.1, -0.05) is 5.16 Å². The molecule has 1 aliphatic heterocycles. The van der Waals surface area contributed by atoms with Crippen LogP contribution in [0, 0.1) is 0 Å². The first-order valence-electron chi connectivity index (χ1n) is 7.83. The Morgan fingerprint density at radius 2 is 2.13 bits per heavy atom. The molecular formula is C16H18N6O. The lowest BCUT2D eigenvalue weighted by Crippen LogP contribution is -2.34. The van der Waals surface area contributed by atoms with E-state index in [0.717, 1.165) is 25.1 Å². The highest BCUT2D eigenvalue weighted by Crippen LogP contribution is 2.26. The summed E-state index contributed by atoms with van der Waals surface area (Å²) in [6, 6.07) is 5.82. The summed E-state index contributed by atoms with van der Waals surface area (Å²) in [5, 5.41) is 11.2. The Kier molecular flexibility index (Phi) is 3.85. The van der Waals surface area contributed by atoms with Crippen molar-refractivity contribution in [2.24, 2.45) is 0 Å². The third-order valence-electron chi connectivity index (χ3n) is 4.23. The van der Waals surface area contributed by atoms with E-state index in [1.165, 1.54) is 12.1 Å². The molecule has 0 spiro atoms. The molecule has 118 valence electrons. The zero-order valence-corrected chi connectivity index (χ0v) is 12.7. The van der Waals surface area contributed by atoms with E-state index in [2.05, 4.69) is 36.3 Å². The van der Waals surface area contributed by atoms with Crippen LogP contribution < -0.4 is 0 Å². The predicted octanol–water partition coefficient (Wildman–Crippen LogP) is 2.23. The van der Waals surface area contributed by atoms with Gasteiger partial charge in [-0.25, -0.2) is 0 Å². The van der Waals surface area contributed by atoms with Crippen LogP contribution in [0.2, 0.25) is 0 Å². The number of aromatic nitrogens is 5. The summed E-state index contributed by atoms with van der Waals surface area (Å²) in [7, 11) is 0. The molecule has 0 amide bonds. The van der Waals surface area contributed by atoms with Crippen molar-refractivity contribution in [3.8, 4) is 11.4 Å². The number of rotatable bonds is 4. The molecule has 1 N–H and O–H groups in total. The van der Waals surface area contributed by atoms with Crippen molar-refractivity contribution in [3.63, 3.8) is 0 Å². The van der Waals surface area contributed by atoms with Gasteiger partial charge < -0.3 is 4.52 Å². The summed E-state index contributed by atoms with van der Waals surface area (Å²) in [5.74, 6) is 1.76. The van der Waals surface area contributed by atoms with Crippen molar-refractivity contribution < 1.29 is 4.52 Å². The van der Waals surface area contributed by atoms with Crippen molar-refractivity contribution in [2.75, 3.05) is 13.1 Å². The zero-order valence-electron chi connectivity index (χ0n) is 12.7. The minimum atomic E-state index is 0.494. The molecule has 1 aliphatic rings.